The number of thiophene rings is 1. The Morgan fingerprint density at radius 1 is 1.07 bits per heavy atom. The summed E-state index contributed by atoms with van der Waals surface area (Å²) in [6, 6.07) is 17.3. The molecule has 0 bridgehead atoms. The normalized spacial score (nSPS) is 18.1. The van der Waals surface area contributed by atoms with Gasteiger partial charge in [0.2, 0.25) is 0 Å². The summed E-state index contributed by atoms with van der Waals surface area (Å²) < 4.78 is 5.44. The summed E-state index contributed by atoms with van der Waals surface area (Å²) in [5.74, 6) is -0.863. The summed E-state index contributed by atoms with van der Waals surface area (Å²) in [5.41, 5.74) is 2.22. The van der Waals surface area contributed by atoms with E-state index in [2.05, 4.69) is 0 Å². The predicted molar refractivity (Wildman–Crippen MR) is 118 cm³/mol. The van der Waals surface area contributed by atoms with Crippen LogP contribution in [0.25, 0.3) is 5.76 Å². The van der Waals surface area contributed by atoms with Crippen LogP contribution in [0.2, 0.25) is 0 Å². The highest BCUT2D eigenvalue weighted by Gasteiger charge is 2.47. The maximum absolute atomic E-state index is 13.0. The number of Topliss-reactive ketones (excluding diaryl/α,β-unsaturated/α-hetero) is 1. The molecule has 1 amide bonds. The average molecular weight is 420 g/mol. The van der Waals surface area contributed by atoms with Gasteiger partial charge in [0.25, 0.3) is 11.7 Å². The largest absolute Gasteiger partial charge is 0.507 e. The van der Waals surface area contributed by atoms with Gasteiger partial charge in [-0.2, -0.15) is 0 Å². The Labute approximate surface area is 178 Å². The molecule has 0 saturated carbocycles. The molecule has 152 valence electrons. The Hall–Kier alpha value is -3.38. The Morgan fingerprint density at radius 3 is 2.37 bits per heavy atom. The number of amides is 1. The van der Waals surface area contributed by atoms with E-state index in [9.17, 15) is 14.7 Å². The number of rotatable bonds is 5. The molecular weight excluding hydrogens is 398 g/mol. The second-order valence-corrected chi connectivity index (χ2v) is 7.96. The van der Waals surface area contributed by atoms with Crippen LogP contribution in [-0.4, -0.2) is 23.4 Å². The van der Waals surface area contributed by atoms with Crippen LogP contribution in [0.5, 0.6) is 5.75 Å². The molecule has 1 fully saturated rings. The molecule has 5 nitrogen and oxygen atoms in total. The number of benzene rings is 2. The van der Waals surface area contributed by atoms with Crippen molar-refractivity contribution in [2.75, 3.05) is 11.5 Å². The van der Waals surface area contributed by atoms with E-state index in [-0.39, 0.29) is 11.3 Å². The van der Waals surface area contributed by atoms with Crippen molar-refractivity contribution in [3.8, 4) is 5.75 Å². The van der Waals surface area contributed by atoms with Crippen LogP contribution in [0, 0.1) is 6.92 Å². The number of ketones is 1. The third-order valence-electron chi connectivity index (χ3n) is 5.01. The Kier molecular flexibility index (Phi) is 5.42. The highest BCUT2D eigenvalue weighted by atomic mass is 32.1. The smallest absolute Gasteiger partial charge is 0.300 e. The topological polar surface area (TPSA) is 66.8 Å². The van der Waals surface area contributed by atoms with E-state index in [1.165, 1.54) is 16.2 Å². The third kappa shape index (κ3) is 3.50. The van der Waals surface area contributed by atoms with Crippen molar-refractivity contribution in [3.63, 3.8) is 0 Å². The van der Waals surface area contributed by atoms with Crippen LogP contribution < -0.4 is 9.64 Å². The van der Waals surface area contributed by atoms with E-state index in [1.54, 1.807) is 24.3 Å². The first kappa shape index (κ1) is 19.9. The molecule has 0 aliphatic carbocycles. The summed E-state index contributed by atoms with van der Waals surface area (Å²) >= 11 is 1.44. The van der Waals surface area contributed by atoms with Crippen molar-refractivity contribution >= 4 is 34.5 Å². The summed E-state index contributed by atoms with van der Waals surface area (Å²) in [6.07, 6.45) is 0. The van der Waals surface area contributed by atoms with Crippen molar-refractivity contribution < 1.29 is 19.4 Å². The lowest BCUT2D eigenvalue weighted by Gasteiger charge is -2.24. The maximum atomic E-state index is 13.0. The van der Waals surface area contributed by atoms with E-state index >= 15 is 0 Å². The number of aryl methyl sites for hydroxylation is 1. The number of carbonyl (C=O) groups is 2. The lowest BCUT2D eigenvalue weighted by Crippen LogP contribution is -2.29. The van der Waals surface area contributed by atoms with Gasteiger partial charge in [-0.05, 0) is 61.7 Å². The Balaban J connectivity index is 1.85. The van der Waals surface area contributed by atoms with E-state index in [4.69, 9.17) is 4.74 Å². The number of hydrogen-bond acceptors (Lipinski definition) is 5. The molecule has 0 spiro atoms. The molecule has 1 N–H and O–H groups in total. The number of anilines is 1. The van der Waals surface area contributed by atoms with Crippen molar-refractivity contribution in [1.29, 1.82) is 0 Å². The Morgan fingerprint density at radius 2 is 1.77 bits per heavy atom. The van der Waals surface area contributed by atoms with Crippen LogP contribution in [-0.2, 0) is 9.59 Å². The molecule has 1 aliphatic heterocycles. The second kappa shape index (κ2) is 8.16. The third-order valence-corrected chi connectivity index (χ3v) is 5.93. The minimum absolute atomic E-state index is 0.0900. The van der Waals surface area contributed by atoms with Gasteiger partial charge in [0.15, 0.2) is 0 Å². The zero-order valence-electron chi connectivity index (χ0n) is 16.7. The van der Waals surface area contributed by atoms with E-state index < -0.39 is 17.7 Å². The van der Waals surface area contributed by atoms with Gasteiger partial charge >= 0.3 is 0 Å². The average Bonchev–Trinajstić information content (AvgIpc) is 3.36. The first-order chi connectivity index (χ1) is 14.5. The van der Waals surface area contributed by atoms with Crippen molar-refractivity contribution in [2.45, 2.75) is 19.9 Å². The number of carbonyl (C=O) groups excluding carboxylic acids is 2. The van der Waals surface area contributed by atoms with Gasteiger partial charge in [0.1, 0.15) is 17.6 Å². The van der Waals surface area contributed by atoms with E-state index in [1.807, 2.05) is 55.6 Å². The van der Waals surface area contributed by atoms with Gasteiger partial charge in [-0.1, -0.05) is 23.8 Å². The van der Waals surface area contributed by atoms with Crippen LogP contribution in [0.3, 0.4) is 0 Å². The number of nitrogens with zero attached hydrogens (tertiary/aromatic N) is 1. The first-order valence-electron chi connectivity index (χ1n) is 9.65. The van der Waals surface area contributed by atoms with Crippen LogP contribution in [0.4, 0.5) is 5.69 Å². The number of aliphatic hydroxyl groups excluding tert-OH is 1. The zero-order chi connectivity index (χ0) is 21.3. The molecule has 1 atom stereocenters. The van der Waals surface area contributed by atoms with Gasteiger partial charge in [-0.25, -0.2) is 0 Å². The van der Waals surface area contributed by atoms with Crippen molar-refractivity contribution in [1.82, 2.24) is 0 Å². The van der Waals surface area contributed by atoms with Gasteiger partial charge in [-0.3, -0.25) is 14.5 Å². The quantitative estimate of drug-likeness (QED) is 0.356. The SMILES string of the molecule is CCOc1ccc(/C(O)=C2/C(=O)C(=O)N(c3ccc(C)cc3)C2c2cccs2)cc1. The summed E-state index contributed by atoms with van der Waals surface area (Å²) in [5, 5.41) is 12.9. The summed E-state index contributed by atoms with van der Waals surface area (Å²) in [6.45, 7) is 4.38. The number of hydrogen-bond donors (Lipinski definition) is 1. The molecule has 2 aromatic carbocycles. The molecule has 1 saturated heterocycles. The maximum Gasteiger partial charge on any atom is 0.300 e. The van der Waals surface area contributed by atoms with E-state index in [0.29, 0.717) is 23.6 Å². The van der Waals surface area contributed by atoms with Crippen LogP contribution in [0.1, 0.15) is 29.0 Å². The highest BCUT2D eigenvalue weighted by Crippen LogP contribution is 2.43. The second-order valence-electron chi connectivity index (χ2n) is 6.98. The minimum Gasteiger partial charge on any atom is -0.507 e. The molecule has 30 heavy (non-hydrogen) atoms. The molecular formula is C24H21NO4S. The first-order valence-corrected chi connectivity index (χ1v) is 10.5. The minimum atomic E-state index is -0.694. The van der Waals surface area contributed by atoms with Gasteiger partial charge in [-0.15, -0.1) is 11.3 Å². The van der Waals surface area contributed by atoms with Gasteiger partial charge < -0.3 is 9.84 Å². The summed E-state index contributed by atoms with van der Waals surface area (Å²) in [4.78, 5) is 28.3. The summed E-state index contributed by atoms with van der Waals surface area (Å²) in [7, 11) is 0. The predicted octanol–water partition coefficient (Wildman–Crippen LogP) is 5.08. The van der Waals surface area contributed by atoms with Crippen molar-refractivity contribution in [2.24, 2.45) is 0 Å². The molecule has 1 aromatic heterocycles. The molecule has 6 heteroatoms. The Bertz CT molecular complexity index is 1100. The lowest BCUT2D eigenvalue weighted by atomic mass is 9.99. The fourth-order valence-corrected chi connectivity index (χ4v) is 4.37. The zero-order valence-corrected chi connectivity index (χ0v) is 17.5. The monoisotopic (exact) mass is 419 g/mol. The fourth-order valence-electron chi connectivity index (χ4n) is 3.55. The fraction of sp³-hybridized carbons (Fsp3) is 0.167. The molecule has 3 aromatic rings. The van der Waals surface area contributed by atoms with Crippen LogP contribution in [0.15, 0.2) is 71.6 Å². The lowest BCUT2D eigenvalue weighted by molar-refractivity contribution is -0.132. The van der Waals surface area contributed by atoms with Gasteiger partial charge in [0.05, 0.1) is 12.2 Å². The van der Waals surface area contributed by atoms with Crippen LogP contribution >= 0.6 is 11.3 Å². The molecule has 1 aliphatic rings. The van der Waals surface area contributed by atoms with Crippen molar-refractivity contribution in [3.05, 3.63) is 87.6 Å². The van der Waals surface area contributed by atoms with E-state index in [0.717, 1.165) is 10.4 Å². The standard InChI is InChI=1S/C24H21NO4S/c1-3-29-18-12-8-16(9-13-18)22(26)20-21(19-5-4-14-30-19)25(24(28)23(20)27)17-10-6-15(2)7-11-17/h4-14,21,26H,3H2,1-2H3/b22-20-. The van der Waals surface area contributed by atoms with Gasteiger partial charge in [0, 0.05) is 16.1 Å². The molecule has 2 heterocycles. The molecule has 0 radical (unpaired) electrons. The number of ether oxygens (including phenoxy) is 1. The molecule has 1 unspecified atom stereocenters. The molecule has 4 rings (SSSR count). The number of aliphatic hydroxyl groups is 1. The highest BCUT2D eigenvalue weighted by molar-refractivity contribution is 7.10.